The van der Waals surface area contributed by atoms with Crippen LogP contribution in [0.2, 0.25) is 0 Å². The first-order valence-electron chi connectivity index (χ1n) is 6.69. The lowest BCUT2D eigenvalue weighted by molar-refractivity contribution is 0.561. The molecule has 0 spiro atoms. The summed E-state index contributed by atoms with van der Waals surface area (Å²) in [5.74, 6) is -0.746. The Bertz CT molecular complexity index is 690. The largest absolute Gasteiger partial charge is 0.306 e. The average Bonchev–Trinajstić information content (AvgIpc) is 2.48. The fraction of sp³-hybridized carbons (Fsp3) is 0.235. The standard InChI is InChI=1S/C17H16F2N2/c1-11-3-5-14(8-17(11)19)12(2)21-10-13-4-6-16(18)15(7-13)9-20/h3-8,12,21H,10H2,1-2H3. The molecule has 1 atom stereocenters. The molecule has 2 rings (SSSR count). The molecule has 0 amide bonds. The Morgan fingerprint density at radius 1 is 1.14 bits per heavy atom. The van der Waals surface area contributed by atoms with E-state index < -0.39 is 5.82 Å². The maximum Gasteiger partial charge on any atom is 0.140 e. The van der Waals surface area contributed by atoms with Crippen LogP contribution in [0.25, 0.3) is 0 Å². The van der Waals surface area contributed by atoms with Gasteiger partial charge in [-0.1, -0.05) is 18.2 Å². The highest BCUT2D eigenvalue weighted by molar-refractivity contribution is 5.34. The molecular weight excluding hydrogens is 270 g/mol. The van der Waals surface area contributed by atoms with Gasteiger partial charge in [0.25, 0.3) is 0 Å². The highest BCUT2D eigenvalue weighted by Crippen LogP contribution is 2.17. The summed E-state index contributed by atoms with van der Waals surface area (Å²) in [6, 6.07) is 11.3. The van der Waals surface area contributed by atoms with E-state index in [0.29, 0.717) is 12.1 Å². The molecule has 2 nitrogen and oxygen atoms in total. The Labute approximate surface area is 123 Å². The summed E-state index contributed by atoms with van der Waals surface area (Å²) in [4.78, 5) is 0. The van der Waals surface area contributed by atoms with E-state index in [1.807, 2.05) is 19.1 Å². The van der Waals surface area contributed by atoms with Crippen molar-refractivity contribution >= 4 is 0 Å². The Balaban J connectivity index is 2.05. The van der Waals surface area contributed by atoms with Gasteiger partial charge in [0.2, 0.25) is 0 Å². The first kappa shape index (κ1) is 15.1. The topological polar surface area (TPSA) is 35.8 Å². The third-order valence-corrected chi connectivity index (χ3v) is 3.46. The van der Waals surface area contributed by atoms with Crippen LogP contribution in [0.5, 0.6) is 0 Å². The van der Waals surface area contributed by atoms with Gasteiger partial charge in [0.05, 0.1) is 5.56 Å². The number of aryl methyl sites for hydroxylation is 1. The molecule has 0 aliphatic carbocycles. The summed E-state index contributed by atoms with van der Waals surface area (Å²) in [5, 5.41) is 12.0. The van der Waals surface area contributed by atoms with Crippen LogP contribution >= 0.6 is 0 Å². The number of hydrogen-bond acceptors (Lipinski definition) is 2. The summed E-state index contributed by atoms with van der Waals surface area (Å²) < 4.78 is 26.8. The number of nitrogens with one attached hydrogen (secondary N) is 1. The molecule has 0 fully saturated rings. The number of nitrogens with zero attached hydrogens (tertiary/aromatic N) is 1. The van der Waals surface area contributed by atoms with E-state index in [2.05, 4.69) is 5.32 Å². The molecule has 0 aliphatic heterocycles. The van der Waals surface area contributed by atoms with Crippen molar-refractivity contribution in [2.24, 2.45) is 0 Å². The zero-order valence-electron chi connectivity index (χ0n) is 12.0. The maximum absolute atomic E-state index is 13.5. The van der Waals surface area contributed by atoms with Gasteiger partial charge >= 0.3 is 0 Å². The van der Waals surface area contributed by atoms with Gasteiger partial charge in [0, 0.05) is 12.6 Å². The normalized spacial score (nSPS) is 12.0. The van der Waals surface area contributed by atoms with Crippen molar-refractivity contribution < 1.29 is 8.78 Å². The Morgan fingerprint density at radius 3 is 2.57 bits per heavy atom. The summed E-state index contributed by atoms with van der Waals surface area (Å²) in [6.07, 6.45) is 0. The second-order valence-electron chi connectivity index (χ2n) is 5.04. The number of benzene rings is 2. The zero-order valence-corrected chi connectivity index (χ0v) is 12.0. The Hall–Kier alpha value is -2.25. The molecule has 0 bridgehead atoms. The fourth-order valence-electron chi connectivity index (χ4n) is 2.04. The predicted molar refractivity (Wildman–Crippen MR) is 77.5 cm³/mol. The van der Waals surface area contributed by atoms with Gasteiger partial charge in [-0.3, -0.25) is 0 Å². The number of halogens is 2. The highest BCUT2D eigenvalue weighted by atomic mass is 19.1. The zero-order chi connectivity index (χ0) is 15.4. The predicted octanol–water partition coefficient (Wildman–Crippen LogP) is 4.00. The third kappa shape index (κ3) is 3.65. The van der Waals surface area contributed by atoms with Gasteiger partial charge in [0.15, 0.2) is 0 Å². The van der Waals surface area contributed by atoms with Gasteiger partial charge in [-0.25, -0.2) is 8.78 Å². The van der Waals surface area contributed by atoms with Crippen molar-refractivity contribution in [3.8, 4) is 6.07 Å². The molecule has 0 saturated carbocycles. The first-order valence-corrected chi connectivity index (χ1v) is 6.69. The molecule has 0 aromatic heterocycles. The van der Waals surface area contributed by atoms with Crippen LogP contribution < -0.4 is 5.32 Å². The molecule has 1 unspecified atom stereocenters. The molecule has 2 aromatic rings. The third-order valence-electron chi connectivity index (χ3n) is 3.46. The molecule has 0 saturated heterocycles. The molecule has 0 aliphatic rings. The van der Waals surface area contributed by atoms with Gasteiger partial charge in [-0.15, -0.1) is 0 Å². The second kappa shape index (κ2) is 6.47. The van der Waals surface area contributed by atoms with Crippen molar-refractivity contribution in [3.63, 3.8) is 0 Å². The Morgan fingerprint density at radius 2 is 1.90 bits per heavy atom. The van der Waals surface area contributed by atoms with Crippen molar-refractivity contribution in [3.05, 3.63) is 70.3 Å². The van der Waals surface area contributed by atoms with Crippen LogP contribution in [0.3, 0.4) is 0 Å². The van der Waals surface area contributed by atoms with E-state index in [0.717, 1.165) is 11.1 Å². The number of nitriles is 1. The van der Waals surface area contributed by atoms with E-state index in [4.69, 9.17) is 5.26 Å². The monoisotopic (exact) mass is 286 g/mol. The van der Waals surface area contributed by atoms with Crippen molar-refractivity contribution in [2.75, 3.05) is 0 Å². The number of hydrogen-bond donors (Lipinski definition) is 1. The van der Waals surface area contributed by atoms with Crippen molar-refractivity contribution in [2.45, 2.75) is 26.4 Å². The lowest BCUT2D eigenvalue weighted by atomic mass is 10.1. The minimum absolute atomic E-state index is 0.0309. The highest BCUT2D eigenvalue weighted by Gasteiger charge is 2.08. The van der Waals surface area contributed by atoms with Gasteiger partial charge in [-0.05, 0) is 48.7 Å². The lowest BCUT2D eigenvalue weighted by Crippen LogP contribution is -2.18. The van der Waals surface area contributed by atoms with Crippen LogP contribution in [0, 0.1) is 29.9 Å². The summed E-state index contributed by atoms with van der Waals surface area (Å²) in [6.45, 7) is 4.13. The number of rotatable bonds is 4. The van der Waals surface area contributed by atoms with Crippen LogP contribution in [0.15, 0.2) is 36.4 Å². The molecule has 1 N–H and O–H groups in total. The quantitative estimate of drug-likeness (QED) is 0.922. The van der Waals surface area contributed by atoms with Crippen LogP contribution in [0.4, 0.5) is 8.78 Å². The van der Waals surface area contributed by atoms with E-state index in [1.54, 1.807) is 19.1 Å². The van der Waals surface area contributed by atoms with Crippen LogP contribution in [0.1, 0.15) is 35.2 Å². The van der Waals surface area contributed by atoms with Crippen LogP contribution in [-0.2, 0) is 6.54 Å². The van der Waals surface area contributed by atoms with E-state index in [1.165, 1.54) is 18.2 Å². The molecule has 21 heavy (non-hydrogen) atoms. The summed E-state index contributed by atoms with van der Waals surface area (Å²) in [5.41, 5.74) is 2.31. The molecule has 0 heterocycles. The van der Waals surface area contributed by atoms with Crippen LogP contribution in [-0.4, -0.2) is 0 Å². The fourth-order valence-corrected chi connectivity index (χ4v) is 2.04. The van der Waals surface area contributed by atoms with E-state index >= 15 is 0 Å². The van der Waals surface area contributed by atoms with Crippen molar-refractivity contribution in [1.82, 2.24) is 5.32 Å². The van der Waals surface area contributed by atoms with Crippen molar-refractivity contribution in [1.29, 1.82) is 5.26 Å². The summed E-state index contributed by atoms with van der Waals surface area (Å²) in [7, 11) is 0. The second-order valence-corrected chi connectivity index (χ2v) is 5.04. The molecular formula is C17H16F2N2. The average molecular weight is 286 g/mol. The Kier molecular flexibility index (Phi) is 4.66. The smallest absolute Gasteiger partial charge is 0.140 e. The van der Waals surface area contributed by atoms with Gasteiger partial charge < -0.3 is 5.32 Å². The lowest BCUT2D eigenvalue weighted by Gasteiger charge is -2.15. The molecule has 0 radical (unpaired) electrons. The van der Waals surface area contributed by atoms with Gasteiger partial charge in [-0.2, -0.15) is 5.26 Å². The van der Waals surface area contributed by atoms with E-state index in [9.17, 15) is 8.78 Å². The molecule has 4 heteroatoms. The van der Waals surface area contributed by atoms with E-state index in [-0.39, 0.29) is 17.4 Å². The SMILES string of the molecule is Cc1ccc(C(C)NCc2ccc(F)c(C#N)c2)cc1F. The molecule has 2 aromatic carbocycles. The minimum atomic E-state index is -0.519. The van der Waals surface area contributed by atoms with Gasteiger partial charge in [0.1, 0.15) is 17.7 Å². The maximum atomic E-state index is 13.5. The minimum Gasteiger partial charge on any atom is -0.306 e. The first-order chi connectivity index (χ1) is 10.0. The molecule has 108 valence electrons. The summed E-state index contributed by atoms with van der Waals surface area (Å²) >= 11 is 0.